The average Bonchev–Trinajstić information content (AvgIpc) is 2.95. The summed E-state index contributed by atoms with van der Waals surface area (Å²) in [5.41, 5.74) is 2.42. The topological polar surface area (TPSA) is 66.3 Å². The molecule has 0 saturated carbocycles. The number of carboxylic acids is 1. The molecule has 1 aliphatic rings. The lowest BCUT2D eigenvalue weighted by molar-refractivity contribution is 0.0696. The summed E-state index contributed by atoms with van der Waals surface area (Å²) in [5, 5.41) is 9.10. The lowest BCUT2D eigenvalue weighted by Gasteiger charge is -2.24. The van der Waals surface area contributed by atoms with E-state index in [-0.39, 0.29) is 6.04 Å². The highest BCUT2D eigenvalue weighted by Crippen LogP contribution is 2.32. The number of rotatable bonds is 4. The minimum Gasteiger partial charge on any atom is -0.478 e. The maximum absolute atomic E-state index is 11.1. The van der Waals surface area contributed by atoms with Crippen molar-refractivity contribution >= 4 is 5.97 Å². The number of aryl methyl sites for hydroxylation is 1. The third kappa shape index (κ3) is 3.14. The van der Waals surface area contributed by atoms with Crippen LogP contribution >= 0.6 is 0 Å². The van der Waals surface area contributed by atoms with Crippen molar-refractivity contribution in [3.8, 4) is 0 Å². The Labute approximate surface area is 129 Å². The van der Waals surface area contributed by atoms with Crippen LogP contribution in [0.4, 0.5) is 0 Å². The van der Waals surface area contributed by atoms with E-state index in [0.29, 0.717) is 5.56 Å². The number of hydrogen-bond acceptors (Lipinski definition) is 4. The van der Waals surface area contributed by atoms with Gasteiger partial charge in [-0.3, -0.25) is 4.90 Å². The molecule has 5 nitrogen and oxygen atoms in total. The number of aromatic nitrogens is 2. The molecule has 1 fully saturated rings. The van der Waals surface area contributed by atoms with E-state index in [1.165, 1.54) is 0 Å². The normalized spacial score (nSPS) is 18.5. The highest BCUT2D eigenvalue weighted by atomic mass is 16.4. The van der Waals surface area contributed by atoms with Gasteiger partial charge in [-0.2, -0.15) is 0 Å². The van der Waals surface area contributed by atoms with Crippen LogP contribution in [0.1, 0.15) is 46.3 Å². The number of carboxylic acid groups (broad SMARTS) is 1. The Morgan fingerprint density at radius 3 is 3.05 bits per heavy atom. The van der Waals surface area contributed by atoms with Crippen LogP contribution in [0.2, 0.25) is 0 Å². The third-order valence-electron chi connectivity index (χ3n) is 4.06. The Kier molecular flexibility index (Phi) is 4.15. The van der Waals surface area contributed by atoms with Crippen LogP contribution < -0.4 is 0 Å². The van der Waals surface area contributed by atoms with Crippen molar-refractivity contribution in [3.63, 3.8) is 0 Å². The fraction of sp³-hybridized carbons (Fsp3) is 0.353. The van der Waals surface area contributed by atoms with Gasteiger partial charge < -0.3 is 5.11 Å². The van der Waals surface area contributed by atoms with E-state index in [1.54, 1.807) is 24.4 Å². The lowest BCUT2D eigenvalue weighted by atomic mass is 10.1. The zero-order chi connectivity index (χ0) is 15.5. The minimum absolute atomic E-state index is 0.287. The predicted molar refractivity (Wildman–Crippen MR) is 82.6 cm³/mol. The summed E-state index contributed by atoms with van der Waals surface area (Å²) in [7, 11) is 0. The van der Waals surface area contributed by atoms with Gasteiger partial charge in [-0.15, -0.1) is 0 Å². The number of aromatic carboxylic acids is 1. The Bertz CT molecular complexity index is 687. The SMILES string of the molecule is Cc1nccc(C2CCCN2Cc2cccc(C(=O)O)c2)n1. The van der Waals surface area contributed by atoms with E-state index in [1.807, 2.05) is 19.1 Å². The van der Waals surface area contributed by atoms with Crippen LogP contribution in [0.25, 0.3) is 0 Å². The van der Waals surface area contributed by atoms with Crippen LogP contribution in [0.15, 0.2) is 36.5 Å². The molecule has 1 aromatic heterocycles. The molecule has 5 heteroatoms. The van der Waals surface area contributed by atoms with E-state index < -0.39 is 5.97 Å². The van der Waals surface area contributed by atoms with E-state index in [9.17, 15) is 4.79 Å². The summed E-state index contributed by atoms with van der Waals surface area (Å²) < 4.78 is 0. The van der Waals surface area contributed by atoms with E-state index >= 15 is 0 Å². The van der Waals surface area contributed by atoms with Gasteiger partial charge in [-0.1, -0.05) is 12.1 Å². The van der Waals surface area contributed by atoms with Gasteiger partial charge in [-0.25, -0.2) is 14.8 Å². The Balaban J connectivity index is 1.79. The molecule has 1 N–H and O–H groups in total. The predicted octanol–water partition coefficient (Wildman–Crippen LogP) is 2.82. The van der Waals surface area contributed by atoms with Crippen molar-refractivity contribution in [1.29, 1.82) is 0 Å². The first-order valence-corrected chi connectivity index (χ1v) is 7.49. The van der Waals surface area contributed by atoms with Crippen molar-refractivity contribution in [2.75, 3.05) is 6.54 Å². The van der Waals surface area contributed by atoms with Gasteiger partial charge in [0.1, 0.15) is 5.82 Å². The highest BCUT2D eigenvalue weighted by Gasteiger charge is 2.27. The van der Waals surface area contributed by atoms with Gasteiger partial charge in [0.25, 0.3) is 0 Å². The summed E-state index contributed by atoms with van der Waals surface area (Å²) in [6.07, 6.45) is 4.01. The Morgan fingerprint density at radius 2 is 2.27 bits per heavy atom. The number of likely N-dealkylation sites (tertiary alicyclic amines) is 1. The van der Waals surface area contributed by atoms with Crippen LogP contribution in [-0.4, -0.2) is 32.5 Å². The zero-order valence-corrected chi connectivity index (χ0v) is 12.6. The monoisotopic (exact) mass is 297 g/mol. The van der Waals surface area contributed by atoms with Crippen molar-refractivity contribution in [2.24, 2.45) is 0 Å². The van der Waals surface area contributed by atoms with Gasteiger partial charge in [0.15, 0.2) is 0 Å². The molecule has 22 heavy (non-hydrogen) atoms. The van der Waals surface area contributed by atoms with Crippen LogP contribution in [0.3, 0.4) is 0 Å². The highest BCUT2D eigenvalue weighted by molar-refractivity contribution is 5.87. The second-order valence-corrected chi connectivity index (χ2v) is 5.66. The molecule has 2 aromatic rings. The van der Waals surface area contributed by atoms with E-state index in [4.69, 9.17) is 5.11 Å². The molecule has 1 aliphatic heterocycles. The first-order valence-electron chi connectivity index (χ1n) is 7.49. The lowest BCUT2D eigenvalue weighted by Crippen LogP contribution is -2.23. The van der Waals surface area contributed by atoms with E-state index in [0.717, 1.165) is 43.0 Å². The molecule has 114 valence electrons. The van der Waals surface area contributed by atoms with Gasteiger partial charge in [0.2, 0.25) is 0 Å². The summed E-state index contributed by atoms with van der Waals surface area (Å²) in [6.45, 7) is 3.65. The summed E-state index contributed by atoms with van der Waals surface area (Å²) in [6, 6.07) is 9.43. The molecule has 0 radical (unpaired) electrons. The number of benzene rings is 1. The van der Waals surface area contributed by atoms with Gasteiger partial charge in [0, 0.05) is 12.7 Å². The largest absolute Gasteiger partial charge is 0.478 e. The summed E-state index contributed by atoms with van der Waals surface area (Å²) in [4.78, 5) is 22.1. The maximum atomic E-state index is 11.1. The third-order valence-corrected chi connectivity index (χ3v) is 4.06. The molecule has 1 aromatic carbocycles. The Hall–Kier alpha value is -2.27. The van der Waals surface area contributed by atoms with Crippen molar-refractivity contribution in [2.45, 2.75) is 32.4 Å². The molecule has 1 saturated heterocycles. The molecule has 1 atom stereocenters. The van der Waals surface area contributed by atoms with E-state index in [2.05, 4.69) is 14.9 Å². The average molecular weight is 297 g/mol. The maximum Gasteiger partial charge on any atom is 0.335 e. The summed E-state index contributed by atoms with van der Waals surface area (Å²) in [5.74, 6) is -0.0940. The second kappa shape index (κ2) is 6.23. The zero-order valence-electron chi connectivity index (χ0n) is 12.6. The minimum atomic E-state index is -0.883. The van der Waals surface area contributed by atoms with Gasteiger partial charge in [0.05, 0.1) is 17.3 Å². The van der Waals surface area contributed by atoms with Crippen LogP contribution in [0.5, 0.6) is 0 Å². The number of hydrogen-bond donors (Lipinski definition) is 1. The summed E-state index contributed by atoms with van der Waals surface area (Å²) >= 11 is 0. The standard InChI is InChI=1S/C17H19N3O2/c1-12-18-8-7-15(19-12)16-6-3-9-20(16)11-13-4-2-5-14(10-13)17(21)22/h2,4-5,7-8,10,16H,3,6,9,11H2,1H3,(H,21,22). The molecule has 2 heterocycles. The van der Waals surface area contributed by atoms with Crippen molar-refractivity contribution < 1.29 is 9.90 Å². The Morgan fingerprint density at radius 1 is 1.41 bits per heavy atom. The quantitative estimate of drug-likeness (QED) is 0.940. The fourth-order valence-corrected chi connectivity index (χ4v) is 3.05. The molecule has 0 bridgehead atoms. The van der Waals surface area contributed by atoms with Crippen molar-refractivity contribution in [1.82, 2.24) is 14.9 Å². The van der Waals surface area contributed by atoms with Crippen molar-refractivity contribution in [3.05, 3.63) is 59.2 Å². The van der Waals surface area contributed by atoms with Crippen LogP contribution in [0, 0.1) is 6.92 Å². The molecular weight excluding hydrogens is 278 g/mol. The molecular formula is C17H19N3O2. The molecule has 0 aliphatic carbocycles. The van der Waals surface area contributed by atoms with Gasteiger partial charge >= 0.3 is 5.97 Å². The molecule has 0 spiro atoms. The number of nitrogens with zero attached hydrogens (tertiary/aromatic N) is 3. The van der Waals surface area contributed by atoms with Gasteiger partial charge in [-0.05, 0) is 50.1 Å². The smallest absolute Gasteiger partial charge is 0.335 e. The first-order chi connectivity index (χ1) is 10.6. The molecule has 1 unspecified atom stereocenters. The molecule has 0 amide bonds. The first kappa shape index (κ1) is 14.7. The van der Waals surface area contributed by atoms with Crippen LogP contribution in [-0.2, 0) is 6.54 Å². The fourth-order valence-electron chi connectivity index (χ4n) is 3.05. The second-order valence-electron chi connectivity index (χ2n) is 5.66. The number of carbonyl (C=O) groups is 1. The molecule has 3 rings (SSSR count).